The molecule has 0 unspecified atom stereocenters. The molecule has 0 spiro atoms. The Morgan fingerprint density at radius 3 is 2.69 bits per heavy atom. The summed E-state index contributed by atoms with van der Waals surface area (Å²) >= 11 is 5.94. The lowest BCUT2D eigenvalue weighted by Gasteiger charge is -2.14. The molecule has 0 atom stereocenters. The van der Waals surface area contributed by atoms with Crippen LogP contribution in [0, 0.1) is 0 Å². The molecule has 29 heavy (non-hydrogen) atoms. The van der Waals surface area contributed by atoms with Gasteiger partial charge in [-0.15, -0.1) is 0 Å². The van der Waals surface area contributed by atoms with Gasteiger partial charge in [0.1, 0.15) is 11.5 Å². The van der Waals surface area contributed by atoms with Gasteiger partial charge in [-0.1, -0.05) is 29.8 Å². The van der Waals surface area contributed by atoms with Crippen LogP contribution in [0.15, 0.2) is 59.0 Å². The summed E-state index contributed by atoms with van der Waals surface area (Å²) in [5, 5.41) is 3.21. The Bertz CT molecular complexity index is 1240. The third kappa shape index (κ3) is 2.85. The zero-order valence-electron chi connectivity index (χ0n) is 14.9. The zero-order valence-corrected chi connectivity index (χ0v) is 15.7. The number of carbonyl (C=O) groups is 3. The number of nitrogens with zero attached hydrogens (tertiary/aromatic N) is 1. The van der Waals surface area contributed by atoms with Gasteiger partial charge in [0, 0.05) is 16.3 Å². The second-order valence-electron chi connectivity index (χ2n) is 6.74. The molecule has 1 N–H and O–H groups in total. The number of ketones is 1. The number of benzene rings is 2. The van der Waals surface area contributed by atoms with Gasteiger partial charge in [0.25, 0.3) is 17.6 Å². The molecule has 0 saturated carbocycles. The van der Waals surface area contributed by atoms with Crippen LogP contribution in [-0.4, -0.2) is 17.6 Å². The van der Waals surface area contributed by atoms with E-state index in [4.69, 9.17) is 16.0 Å². The maximum absolute atomic E-state index is 12.4. The fourth-order valence-corrected chi connectivity index (χ4v) is 3.74. The lowest BCUT2D eigenvalue weighted by Crippen LogP contribution is -2.28. The van der Waals surface area contributed by atoms with Crippen molar-refractivity contribution < 1.29 is 18.8 Å². The van der Waals surface area contributed by atoms with E-state index in [-0.39, 0.29) is 18.0 Å². The maximum atomic E-state index is 12.4. The number of Topliss-reactive ketones (excluding diaryl/α,β-unsaturated/α-hetero) is 1. The van der Waals surface area contributed by atoms with E-state index in [2.05, 4.69) is 5.32 Å². The highest BCUT2D eigenvalue weighted by Crippen LogP contribution is 2.34. The molecule has 0 saturated heterocycles. The molecular formula is C22H13ClN2O4. The smallest absolute Gasteiger partial charge is 0.299 e. The number of nitrogens with one attached hydrogen (secondary N) is 1. The molecule has 2 aliphatic heterocycles. The van der Waals surface area contributed by atoms with Gasteiger partial charge in [-0.2, -0.15) is 0 Å². The van der Waals surface area contributed by atoms with E-state index >= 15 is 0 Å². The molecule has 1 aromatic heterocycles. The largest absolute Gasteiger partial charge is 0.460 e. The SMILES string of the molecule is O=C1Nc2ccccc2/C1=C\c1ccc(CN2C(=O)C(=O)c3cc(Cl)ccc32)o1. The van der Waals surface area contributed by atoms with Crippen LogP contribution in [0.1, 0.15) is 27.4 Å². The van der Waals surface area contributed by atoms with E-state index in [0.717, 1.165) is 11.3 Å². The lowest BCUT2D eigenvalue weighted by atomic mass is 10.1. The summed E-state index contributed by atoms with van der Waals surface area (Å²) in [5.41, 5.74) is 2.86. The first kappa shape index (κ1) is 17.5. The summed E-state index contributed by atoms with van der Waals surface area (Å²) in [5.74, 6) is -0.433. The number of hydrogen-bond acceptors (Lipinski definition) is 4. The molecule has 0 radical (unpaired) electrons. The molecule has 2 aliphatic rings. The minimum atomic E-state index is -0.623. The highest BCUT2D eigenvalue weighted by molar-refractivity contribution is 6.52. The Hall–Kier alpha value is -3.64. The van der Waals surface area contributed by atoms with Gasteiger partial charge >= 0.3 is 0 Å². The van der Waals surface area contributed by atoms with Crippen LogP contribution in [0.5, 0.6) is 0 Å². The number of rotatable bonds is 3. The van der Waals surface area contributed by atoms with Gasteiger partial charge < -0.3 is 9.73 Å². The van der Waals surface area contributed by atoms with E-state index in [1.165, 1.54) is 11.0 Å². The van der Waals surface area contributed by atoms with E-state index in [1.54, 1.807) is 30.3 Å². The zero-order chi connectivity index (χ0) is 20.1. The second-order valence-corrected chi connectivity index (χ2v) is 7.18. The molecule has 6 nitrogen and oxygen atoms in total. The first-order valence-electron chi connectivity index (χ1n) is 8.88. The van der Waals surface area contributed by atoms with Crippen molar-refractivity contribution in [1.82, 2.24) is 0 Å². The number of halogens is 1. The maximum Gasteiger partial charge on any atom is 0.299 e. The molecule has 7 heteroatoms. The summed E-state index contributed by atoms with van der Waals surface area (Å²) in [6.07, 6.45) is 1.66. The van der Waals surface area contributed by atoms with E-state index in [9.17, 15) is 14.4 Å². The third-order valence-electron chi connectivity index (χ3n) is 4.93. The lowest BCUT2D eigenvalue weighted by molar-refractivity contribution is -0.114. The van der Waals surface area contributed by atoms with Crippen LogP contribution in [0.4, 0.5) is 11.4 Å². The van der Waals surface area contributed by atoms with Crippen LogP contribution in [0.3, 0.4) is 0 Å². The minimum absolute atomic E-state index is 0.102. The molecule has 3 aromatic rings. The Balaban J connectivity index is 1.43. The van der Waals surface area contributed by atoms with Crippen molar-refractivity contribution >= 4 is 52.2 Å². The number of hydrogen-bond donors (Lipinski definition) is 1. The van der Waals surface area contributed by atoms with Gasteiger partial charge in [0.05, 0.1) is 23.4 Å². The monoisotopic (exact) mass is 404 g/mol. The van der Waals surface area contributed by atoms with E-state index in [1.807, 2.05) is 24.3 Å². The average Bonchev–Trinajstić information content (AvgIpc) is 3.35. The molecule has 5 rings (SSSR count). The molecule has 0 aliphatic carbocycles. The minimum Gasteiger partial charge on any atom is -0.460 e. The van der Waals surface area contributed by atoms with Crippen molar-refractivity contribution in [3.05, 3.63) is 82.3 Å². The van der Waals surface area contributed by atoms with Crippen molar-refractivity contribution in [1.29, 1.82) is 0 Å². The summed E-state index contributed by atoms with van der Waals surface area (Å²) < 4.78 is 5.81. The summed E-state index contributed by atoms with van der Waals surface area (Å²) in [7, 11) is 0. The number of furan rings is 1. The molecule has 0 bridgehead atoms. The standard InChI is InChI=1S/C22H13ClN2O4/c23-12-5-8-19-17(9-12)20(26)22(28)25(19)11-14-7-6-13(29-14)10-16-15-3-1-2-4-18(15)24-21(16)27/h1-10H,11H2,(H,24,27)/b16-10+. The van der Waals surface area contributed by atoms with Crippen molar-refractivity contribution in [2.45, 2.75) is 6.54 Å². The first-order chi connectivity index (χ1) is 14.0. The Morgan fingerprint density at radius 1 is 1.00 bits per heavy atom. The summed E-state index contributed by atoms with van der Waals surface area (Å²) in [6, 6.07) is 15.6. The van der Waals surface area contributed by atoms with Crippen LogP contribution >= 0.6 is 11.6 Å². The van der Waals surface area contributed by atoms with Crippen LogP contribution in [-0.2, 0) is 16.1 Å². The quantitative estimate of drug-likeness (QED) is 0.525. The topological polar surface area (TPSA) is 79.6 Å². The summed E-state index contributed by atoms with van der Waals surface area (Å²) in [4.78, 5) is 38.2. The van der Waals surface area contributed by atoms with Crippen LogP contribution in [0.25, 0.3) is 11.6 Å². The molecule has 2 aromatic carbocycles. The van der Waals surface area contributed by atoms with Gasteiger partial charge in [0.15, 0.2) is 0 Å². The second kappa shape index (κ2) is 6.46. The number of anilines is 2. The molecule has 3 heterocycles. The first-order valence-corrected chi connectivity index (χ1v) is 9.26. The number of amides is 2. The Kier molecular flexibility index (Phi) is 3.89. The number of para-hydroxylation sites is 1. The number of fused-ring (bicyclic) bond motifs is 2. The van der Waals surface area contributed by atoms with Gasteiger partial charge in [-0.3, -0.25) is 19.3 Å². The molecule has 0 fully saturated rings. The van der Waals surface area contributed by atoms with Crippen LogP contribution in [0.2, 0.25) is 5.02 Å². The van der Waals surface area contributed by atoms with Gasteiger partial charge in [-0.05, 0) is 42.5 Å². The molecular weight excluding hydrogens is 392 g/mol. The Morgan fingerprint density at radius 2 is 1.83 bits per heavy atom. The van der Waals surface area contributed by atoms with E-state index in [0.29, 0.717) is 27.8 Å². The third-order valence-corrected chi connectivity index (χ3v) is 5.16. The van der Waals surface area contributed by atoms with Crippen molar-refractivity contribution in [3.8, 4) is 0 Å². The van der Waals surface area contributed by atoms with Crippen molar-refractivity contribution in [2.24, 2.45) is 0 Å². The Labute approximate surface area is 170 Å². The number of carbonyl (C=O) groups excluding carboxylic acids is 3. The molecule has 2 amide bonds. The predicted octanol–water partition coefficient (Wildman–Crippen LogP) is 4.16. The fraction of sp³-hybridized carbons (Fsp3) is 0.0455. The highest BCUT2D eigenvalue weighted by Gasteiger charge is 2.36. The molecule has 142 valence electrons. The van der Waals surface area contributed by atoms with Gasteiger partial charge in [0.2, 0.25) is 0 Å². The van der Waals surface area contributed by atoms with Crippen LogP contribution < -0.4 is 10.2 Å². The predicted molar refractivity (Wildman–Crippen MR) is 109 cm³/mol. The van der Waals surface area contributed by atoms with E-state index < -0.39 is 11.7 Å². The fourth-order valence-electron chi connectivity index (χ4n) is 3.57. The average molecular weight is 405 g/mol. The highest BCUT2D eigenvalue weighted by atomic mass is 35.5. The summed E-state index contributed by atoms with van der Waals surface area (Å²) in [6.45, 7) is 0.102. The van der Waals surface area contributed by atoms with Gasteiger partial charge in [-0.25, -0.2) is 0 Å². The van der Waals surface area contributed by atoms with Crippen molar-refractivity contribution in [3.63, 3.8) is 0 Å². The normalized spacial score (nSPS) is 16.4. The van der Waals surface area contributed by atoms with Crippen molar-refractivity contribution in [2.75, 3.05) is 10.2 Å².